The minimum atomic E-state index is -3.52. The molecule has 0 bridgehead atoms. The first-order valence-electron chi connectivity index (χ1n) is 13.4. The van der Waals surface area contributed by atoms with Crippen LogP contribution in [-0.2, 0) is 4.79 Å². The van der Waals surface area contributed by atoms with Crippen molar-refractivity contribution in [1.82, 2.24) is 20.2 Å². The van der Waals surface area contributed by atoms with Crippen LogP contribution < -0.4 is 20.4 Å². The molecule has 1 saturated heterocycles. The normalized spacial score (nSPS) is 20.8. The molecule has 2 amide bonds. The summed E-state index contributed by atoms with van der Waals surface area (Å²) in [4.78, 5) is 39.2. The monoisotopic (exact) mass is 527 g/mol. The number of alkyl halides is 2. The summed E-state index contributed by atoms with van der Waals surface area (Å²) in [6.45, 7) is 3.00. The van der Waals surface area contributed by atoms with E-state index in [-0.39, 0.29) is 30.5 Å². The molecule has 1 aromatic carbocycles. The highest BCUT2D eigenvalue weighted by Gasteiger charge is 2.49. The van der Waals surface area contributed by atoms with E-state index in [0.29, 0.717) is 22.8 Å². The van der Waals surface area contributed by atoms with Crippen molar-refractivity contribution in [2.45, 2.75) is 63.5 Å². The molecule has 38 heavy (non-hydrogen) atoms. The number of benzene rings is 1. The molecule has 3 aliphatic rings. The van der Waals surface area contributed by atoms with Gasteiger partial charge in [-0.3, -0.25) is 9.59 Å². The lowest BCUT2D eigenvalue weighted by Gasteiger charge is -2.31. The van der Waals surface area contributed by atoms with Gasteiger partial charge in [0.15, 0.2) is 5.82 Å². The zero-order valence-corrected chi connectivity index (χ0v) is 21.9. The number of aromatic nitrogens is 2. The maximum absolute atomic E-state index is 14.9. The summed E-state index contributed by atoms with van der Waals surface area (Å²) >= 11 is 0. The van der Waals surface area contributed by atoms with E-state index in [1.807, 2.05) is 0 Å². The Morgan fingerprint density at radius 3 is 2.45 bits per heavy atom. The lowest BCUT2D eigenvalue weighted by molar-refractivity contribution is -0.140. The number of hydrogen-bond donors (Lipinski definition) is 2. The summed E-state index contributed by atoms with van der Waals surface area (Å²) in [7, 11) is 2.08. The SMILES string of the molecule is CCN1C(=O)C(F)(F)CN(C2CCCC2)c2nc(Nc3ccc(C(=O)NC4CCN(C)CC4)cc3)ncc21. The fourth-order valence-electron chi connectivity index (χ4n) is 5.58. The highest BCUT2D eigenvalue weighted by atomic mass is 19.3. The topological polar surface area (TPSA) is 93.7 Å². The van der Waals surface area contributed by atoms with Gasteiger partial charge in [-0.2, -0.15) is 13.8 Å². The van der Waals surface area contributed by atoms with Crippen LogP contribution in [0, 0.1) is 0 Å². The van der Waals surface area contributed by atoms with Crippen molar-refractivity contribution in [3.63, 3.8) is 0 Å². The van der Waals surface area contributed by atoms with Gasteiger partial charge in [-0.1, -0.05) is 12.8 Å². The Hall–Kier alpha value is -3.34. The minimum Gasteiger partial charge on any atom is -0.349 e. The van der Waals surface area contributed by atoms with Gasteiger partial charge in [-0.15, -0.1) is 0 Å². The minimum absolute atomic E-state index is 0.0944. The molecule has 2 aromatic rings. The molecule has 0 unspecified atom stereocenters. The van der Waals surface area contributed by atoms with Crippen molar-refractivity contribution in [3.8, 4) is 0 Å². The quantitative estimate of drug-likeness (QED) is 0.590. The van der Waals surface area contributed by atoms with Crippen LogP contribution in [0.4, 0.5) is 31.9 Å². The Kier molecular flexibility index (Phi) is 7.47. The van der Waals surface area contributed by atoms with Crippen molar-refractivity contribution >= 4 is 35.0 Å². The lowest BCUT2D eigenvalue weighted by Crippen LogP contribution is -2.49. The first-order valence-corrected chi connectivity index (χ1v) is 13.4. The van der Waals surface area contributed by atoms with E-state index in [0.717, 1.165) is 56.5 Å². The molecular formula is C27H35F2N7O2. The molecule has 2 N–H and O–H groups in total. The molecule has 3 heterocycles. The first kappa shape index (κ1) is 26.3. The Morgan fingerprint density at radius 2 is 1.79 bits per heavy atom. The summed E-state index contributed by atoms with van der Waals surface area (Å²) in [6, 6.07) is 7.08. The fraction of sp³-hybridized carbons (Fsp3) is 0.556. The third kappa shape index (κ3) is 5.43. The highest BCUT2D eigenvalue weighted by molar-refractivity contribution is 6.02. The number of amides is 2. The highest BCUT2D eigenvalue weighted by Crippen LogP contribution is 2.40. The second kappa shape index (κ2) is 10.8. The fourth-order valence-corrected chi connectivity index (χ4v) is 5.58. The summed E-state index contributed by atoms with van der Waals surface area (Å²) in [6.07, 6.45) is 6.79. The van der Waals surface area contributed by atoms with Crippen LogP contribution in [0.2, 0.25) is 0 Å². The number of piperidine rings is 1. The number of nitrogens with zero attached hydrogens (tertiary/aromatic N) is 5. The number of halogens is 2. The van der Waals surface area contributed by atoms with Crippen molar-refractivity contribution in [2.75, 3.05) is 48.3 Å². The molecule has 1 aromatic heterocycles. The number of rotatable bonds is 6. The van der Waals surface area contributed by atoms with Gasteiger partial charge in [0, 0.05) is 29.9 Å². The van der Waals surface area contributed by atoms with Gasteiger partial charge in [0.25, 0.3) is 11.8 Å². The summed E-state index contributed by atoms with van der Waals surface area (Å²) in [5, 5.41) is 6.23. The van der Waals surface area contributed by atoms with Crippen LogP contribution in [0.5, 0.6) is 0 Å². The first-order chi connectivity index (χ1) is 18.2. The smallest absolute Gasteiger partial charge is 0.342 e. The van der Waals surface area contributed by atoms with Gasteiger partial charge in [0.1, 0.15) is 5.69 Å². The van der Waals surface area contributed by atoms with E-state index in [1.165, 1.54) is 6.20 Å². The van der Waals surface area contributed by atoms with E-state index in [9.17, 15) is 18.4 Å². The van der Waals surface area contributed by atoms with Gasteiger partial charge in [0.2, 0.25) is 5.95 Å². The second-order valence-corrected chi connectivity index (χ2v) is 10.5. The maximum atomic E-state index is 14.9. The van der Waals surface area contributed by atoms with Gasteiger partial charge in [-0.05, 0) is 77.0 Å². The molecule has 2 aliphatic heterocycles. The zero-order valence-electron chi connectivity index (χ0n) is 21.9. The molecule has 11 heteroatoms. The summed E-state index contributed by atoms with van der Waals surface area (Å²) in [5.74, 6) is -4.26. The Bertz CT molecular complexity index is 1160. The molecular weight excluding hydrogens is 492 g/mol. The third-order valence-electron chi connectivity index (χ3n) is 7.78. The lowest BCUT2D eigenvalue weighted by atomic mass is 10.0. The third-order valence-corrected chi connectivity index (χ3v) is 7.78. The van der Waals surface area contributed by atoms with Crippen LogP contribution in [0.3, 0.4) is 0 Å². The van der Waals surface area contributed by atoms with E-state index in [1.54, 1.807) is 36.1 Å². The van der Waals surface area contributed by atoms with Gasteiger partial charge >= 0.3 is 5.92 Å². The Morgan fingerprint density at radius 1 is 1.11 bits per heavy atom. The van der Waals surface area contributed by atoms with Crippen LogP contribution in [0.15, 0.2) is 30.5 Å². The predicted octanol–water partition coefficient (Wildman–Crippen LogP) is 3.80. The molecule has 9 nitrogen and oxygen atoms in total. The molecule has 5 rings (SSSR count). The number of anilines is 4. The van der Waals surface area contributed by atoms with E-state index < -0.39 is 18.4 Å². The predicted molar refractivity (Wildman–Crippen MR) is 142 cm³/mol. The maximum Gasteiger partial charge on any atom is 0.342 e. The van der Waals surface area contributed by atoms with E-state index in [4.69, 9.17) is 0 Å². The molecule has 2 fully saturated rings. The van der Waals surface area contributed by atoms with Crippen LogP contribution >= 0.6 is 0 Å². The largest absolute Gasteiger partial charge is 0.349 e. The van der Waals surface area contributed by atoms with Gasteiger partial charge in [0.05, 0.1) is 12.7 Å². The van der Waals surface area contributed by atoms with E-state index >= 15 is 0 Å². The van der Waals surface area contributed by atoms with E-state index in [2.05, 4.69) is 32.5 Å². The van der Waals surface area contributed by atoms with Crippen LogP contribution in [-0.4, -0.2) is 77.9 Å². The number of nitrogens with one attached hydrogen (secondary N) is 2. The van der Waals surface area contributed by atoms with Gasteiger partial charge in [-0.25, -0.2) is 4.98 Å². The van der Waals surface area contributed by atoms with Crippen LogP contribution in [0.25, 0.3) is 0 Å². The molecule has 204 valence electrons. The van der Waals surface area contributed by atoms with Crippen molar-refractivity contribution < 1.29 is 18.4 Å². The molecule has 1 aliphatic carbocycles. The second-order valence-electron chi connectivity index (χ2n) is 10.5. The van der Waals surface area contributed by atoms with Crippen molar-refractivity contribution in [1.29, 1.82) is 0 Å². The number of carbonyl (C=O) groups is 2. The van der Waals surface area contributed by atoms with Crippen molar-refractivity contribution in [2.24, 2.45) is 0 Å². The van der Waals surface area contributed by atoms with Crippen molar-refractivity contribution in [3.05, 3.63) is 36.0 Å². The molecule has 0 atom stereocenters. The zero-order chi connectivity index (χ0) is 26.9. The average Bonchev–Trinajstić information content (AvgIpc) is 3.42. The number of fused-ring (bicyclic) bond motifs is 1. The summed E-state index contributed by atoms with van der Waals surface area (Å²) < 4.78 is 29.9. The Labute approximate surface area is 221 Å². The molecule has 0 radical (unpaired) electrons. The Balaban J connectivity index is 1.35. The number of carbonyl (C=O) groups excluding carboxylic acids is 2. The number of hydrogen-bond acceptors (Lipinski definition) is 7. The van der Waals surface area contributed by atoms with Crippen LogP contribution in [0.1, 0.15) is 55.8 Å². The average molecular weight is 528 g/mol. The standard InChI is InChI=1S/C27H35F2N7O2/c1-3-35-22-16-30-26(33-23(22)36(21-6-4-5-7-21)17-27(28,29)25(35)38)32-19-10-8-18(9-11-19)24(37)31-20-12-14-34(2)15-13-20/h8-11,16,20-21H,3-7,12-15,17H2,1-2H3,(H,31,37)(H,30,32,33). The molecule has 0 spiro atoms. The van der Waals surface area contributed by atoms with Gasteiger partial charge < -0.3 is 25.3 Å². The molecule has 1 saturated carbocycles. The summed E-state index contributed by atoms with van der Waals surface area (Å²) in [5.41, 5.74) is 1.52. The number of likely N-dealkylation sites (tertiary alicyclic amines) is 1.